The topological polar surface area (TPSA) is 38.8 Å². The van der Waals surface area contributed by atoms with E-state index in [-0.39, 0.29) is 5.91 Å². The second-order valence-electron chi connectivity index (χ2n) is 5.50. The fourth-order valence-corrected chi connectivity index (χ4v) is 2.60. The number of aryl methyl sites for hydroxylation is 1. The average molecular weight is 277 g/mol. The van der Waals surface area contributed by atoms with E-state index in [1.807, 2.05) is 17.9 Å². The Morgan fingerprint density at radius 2 is 1.75 bits per heavy atom. The predicted octanol–water partition coefficient (Wildman–Crippen LogP) is 2.88. The highest BCUT2D eigenvalue weighted by Gasteiger charge is 2.24. The molecule has 1 aromatic carbocycles. The maximum Gasteiger partial charge on any atom is 0.257 e. The van der Waals surface area contributed by atoms with Crippen LogP contribution < -0.4 is 9.47 Å². The number of hydrogen-bond acceptors (Lipinski definition) is 3. The number of piperidine rings is 1. The summed E-state index contributed by atoms with van der Waals surface area (Å²) in [6.07, 6.45) is 2.13. The summed E-state index contributed by atoms with van der Waals surface area (Å²) >= 11 is 0. The SMILES string of the molecule is COc1cc(C(=O)N2CCC(C)CC2)c(OC)cc1C. The lowest BCUT2D eigenvalue weighted by molar-refractivity contribution is 0.0693. The molecule has 1 heterocycles. The fraction of sp³-hybridized carbons (Fsp3) is 0.562. The van der Waals surface area contributed by atoms with Crippen molar-refractivity contribution in [2.75, 3.05) is 27.3 Å². The third kappa shape index (κ3) is 2.89. The van der Waals surface area contributed by atoms with E-state index in [2.05, 4.69) is 6.92 Å². The number of rotatable bonds is 3. The summed E-state index contributed by atoms with van der Waals surface area (Å²) < 4.78 is 10.7. The molecule has 0 aromatic heterocycles. The van der Waals surface area contributed by atoms with Crippen LogP contribution in [0, 0.1) is 12.8 Å². The second-order valence-corrected chi connectivity index (χ2v) is 5.50. The van der Waals surface area contributed by atoms with E-state index in [9.17, 15) is 4.79 Å². The van der Waals surface area contributed by atoms with E-state index < -0.39 is 0 Å². The number of hydrogen-bond donors (Lipinski definition) is 0. The zero-order valence-electron chi connectivity index (χ0n) is 12.7. The van der Waals surface area contributed by atoms with Gasteiger partial charge in [0.15, 0.2) is 0 Å². The van der Waals surface area contributed by atoms with Gasteiger partial charge in [-0.3, -0.25) is 4.79 Å². The largest absolute Gasteiger partial charge is 0.496 e. The molecule has 1 aliphatic rings. The summed E-state index contributed by atoms with van der Waals surface area (Å²) in [5.41, 5.74) is 1.55. The molecule has 0 N–H and O–H groups in total. The maximum absolute atomic E-state index is 12.7. The molecule has 0 atom stereocenters. The first kappa shape index (κ1) is 14.7. The van der Waals surface area contributed by atoms with Crippen LogP contribution in [0.4, 0.5) is 0 Å². The predicted molar refractivity (Wildman–Crippen MR) is 78.6 cm³/mol. The van der Waals surface area contributed by atoms with Gasteiger partial charge in [0.05, 0.1) is 19.8 Å². The summed E-state index contributed by atoms with van der Waals surface area (Å²) in [5.74, 6) is 2.08. The molecule has 0 aliphatic carbocycles. The molecule has 1 fully saturated rings. The molecule has 1 aromatic rings. The van der Waals surface area contributed by atoms with Crippen molar-refractivity contribution >= 4 is 5.91 Å². The van der Waals surface area contributed by atoms with Gasteiger partial charge in [-0.25, -0.2) is 0 Å². The minimum absolute atomic E-state index is 0.0343. The molecule has 4 nitrogen and oxygen atoms in total. The first-order valence-electron chi connectivity index (χ1n) is 7.08. The fourth-order valence-electron chi connectivity index (χ4n) is 2.60. The third-order valence-corrected chi connectivity index (χ3v) is 4.02. The van der Waals surface area contributed by atoms with Gasteiger partial charge in [0, 0.05) is 13.1 Å². The molecule has 0 bridgehead atoms. The van der Waals surface area contributed by atoms with Gasteiger partial charge in [-0.05, 0) is 43.4 Å². The van der Waals surface area contributed by atoms with Crippen molar-refractivity contribution in [1.82, 2.24) is 4.90 Å². The highest BCUT2D eigenvalue weighted by Crippen LogP contribution is 2.30. The van der Waals surface area contributed by atoms with Crippen molar-refractivity contribution in [3.05, 3.63) is 23.3 Å². The molecular formula is C16H23NO3. The molecule has 110 valence electrons. The number of methoxy groups -OCH3 is 2. The Labute approximate surface area is 120 Å². The molecule has 2 rings (SSSR count). The summed E-state index contributed by atoms with van der Waals surface area (Å²) in [6, 6.07) is 3.65. The van der Waals surface area contributed by atoms with Crippen LogP contribution in [0.5, 0.6) is 11.5 Å². The van der Waals surface area contributed by atoms with Gasteiger partial charge in [-0.1, -0.05) is 6.92 Å². The van der Waals surface area contributed by atoms with Gasteiger partial charge in [0.25, 0.3) is 5.91 Å². The van der Waals surface area contributed by atoms with Crippen LogP contribution in [-0.2, 0) is 0 Å². The summed E-state index contributed by atoms with van der Waals surface area (Å²) in [7, 11) is 3.21. The van der Waals surface area contributed by atoms with Crippen LogP contribution in [-0.4, -0.2) is 38.1 Å². The Hall–Kier alpha value is -1.71. The van der Waals surface area contributed by atoms with Gasteiger partial charge < -0.3 is 14.4 Å². The smallest absolute Gasteiger partial charge is 0.257 e. The van der Waals surface area contributed by atoms with Crippen molar-refractivity contribution in [2.45, 2.75) is 26.7 Å². The first-order valence-corrected chi connectivity index (χ1v) is 7.08. The lowest BCUT2D eigenvalue weighted by Gasteiger charge is -2.30. The molecule has 0 spiro atoms. The molecule has 0 radical (unpaired) electrons. The molecular weight excluding hydrogens is 254 g/mol. The van der Waals surface area contributed by atoms with Crippen LogP contribution in [0.2, 0.25) is 0 Å². The molecule has 0 unspecified atom stereocenters. The van der Waals surface area contributed by atoms with E-state index in [4.69, 9.17) is 9.47 Å². The van der Waals surface area contributed by atoms with Gasteiger partial charge in [-0.15, -0.1) is 0 Å². The highest BCUT2D eigenvalue weighted by molar-refractivity contribution is 5.97. The Morgan fingerprint density at radius 1 is 1.15 bits per heavy atom. The Kier molecular flexibility index (Phi) is 4.53. The van der Waals surface area contributed by atoms with Crippen molar-refractivity contribution < 1.29 is 14.3 Å². The van der Waals surface area contributed by atoms with E-state index in [0.29, 0.717) is 17.2 Å². The Balaban J connectivity index is 2.28. The molecule has 1 saturated heterocycles. The quantitative estimate of drug-likeness (QED) is 0.852. The number of amides is 1. The first-order chi connectivity index (χ1) is 9.56. The average Bonchev–Trinajstić information content (AvgIpc) is 2.47. The van der Waals surface area contributed by atoms with E-state index >= 15 is 0 Å². The zero-order valence-corrected chi connectivity index (χ0v) is 12.7. The van der Waals surface area contributed by atoms with Crippen LogP contribution in [0.1, 0.15) is 35.7 Å². The molecule has 1 aliphatic heterocycles. The van der Waals surface area contributed by atoms with E-state index in [0.717, 1.165) is 37.2 Å². The molecule has 1 amide bonds. The van der Waals surface area contributed by atoms with Crippen LogP contribution in [0.15, 0.2) is 12.1 Å². The van der Waals surface area contributed by atoms with E-state index in [1.54, 1.807) is 20.3 Å². The number of benzene rings is 1. The zero-order chi connectivity index (χ0) is 14.7. The van der Waals surface area contributed by atoms with Crippen molar-refractivity contribution in [3.8, 4) is 11.5 Å². The minimum atomic E-state index is 0.0343. The summed E-state index contributed by atoms with van der Waals surface area (Å²) in [6.45, 7) is 5.81. The second kappa shape index (κ2) is 6.16. The minimum Gasteiger partial charge on any atom is -0.496 e. The standard InChI is InChI=1S/C16H23NO3/c1-11-5-7-17(8-6-11)16(18)13-10-14(19-3)12(2)9-15(13)20-4/h9-11H,5-8H2,1-4H3. The monoisotopic (exact) mass is 277 g/mol. The van der Waals surface area contributed by atoms with Crippen LogP contribution in [0.3, 0.4) is 0 Å². The van der Waals surface area contributed by atoms with Crippen LogP contribution >= 0.6 is 0 Å². The van der Waals surface area contributed by atoms with Gasteiger partial charge in [-0.2, -0.15) is 0 Å². The summed E-state index contributed by atoms with van der Waals surface area (Å²) in [5, 5.41) is 0. The van der Waals surface area contributed by atoms with Crippen molar-refractivity contribution in [2.24, 2.45) is 5.92 Å². The van der Waals surface area contributed by atoms with Crippen LogP contribution in [0.25, 0.3) is 0 Å². The number of carbonyl (C=O) groups excluding carboxylic acids is 1. The molecule has 0 saturated carbocycles. The summed E-state index contributed by atoms with van der Waals surface area (Å²) in [4.78, 5) is 14.6. The lowest BCUT2D eigenvalue weighted by atomic mass is 9.98. The number of carbonyl (C=O) groups is 1. The Morgan fingerprint density at radius 3 is 2.30 bits per heavy atom. The number of nitrogens with zero attached hydrogens (tertiary/aromatic N) is 1. The Bertz CT molecular complexity index is 491. The third-order valence-electron chi connectivity index (χ3n) is 4.02. The lowest BCUT2D eigenvalue weighted by Crippen LogP contribution is -2.38. The van der Waals surface area contributed by atoms with Crippen molar-refractivity contribution in [1.29, 1.82) is 0 Å². The molecule has 20 heavy (non-hydrogen) atoms. The maximum atomic E-state index is 12.7. The number of likely N-dealkylation sites (tertiary alicyclic amines) is 1. The number of ether oxygens (including phenoxy) is 2. The van der Waals surface area contributed by atoms with Gasteiger partial charge in [0.1, 0.15) is 11.5 Å². The van der Waals surface area contributed by atoms with E-state index in [1.165, 1.54) is 0 Å². The van der Waals surface area contributed by atoms with Gasteiger partial charge in [0.2, 0.25) is 0 Å². The highest BCUT2D eigenvalue weighted by atomic mass is 16.5. The van der Waals surface area contributed by atoms with Crippen molar-refractivity contribution in [3.63, 3.8) is 0 Å². The normalized spacial score (nSPS) is 16.1. The molecule has 4 heteroatoms. The van der Waals surface area contributed by atoms with Gasteiger partial charge >= 0.3 is 0 Å².